The number of benzene rings is 2. The van der Waals surface area contributed by atoms with Gasteiger partial charge in [-0.05, 0) is 41.3 Å². The van der Waals surface area contributed by atoms with Crippen LogP contribution in [0.25, 0.3) is 10.9 Å². The quantitative estimate of drug-likeness (QED) is 0.689. The van der Waals surface area contributed by atoms with Crippen LogP contribution in [0.1, 0.15) is 15.9 Å². The fraction of sp³-hybridized carbons (Fsp3) is 0.0625. The molecule has 2 aromatic carbocycles. The van der Waals surface area contributed by atoms with Crippen LogP contribution in [0.2, 0.25) is 5.02 Å². The number of nitrogens with one attached hydrogen (secondary N) is 2. The first-order valence-electron chi connectivity index (χ1n) is 6.53. The highest BCUT2D eigenvalue weighted by atomic mass is 35.5. The van der Waals surface area contributed by atoms with Crippen LogP contribution < -0.4 is 11.1 Å². The lowest BCUT2D eigenvalue weighted by Crippen LogP contribution is -2.12. The molecule has 4 nitrogen and oxygen atoms in total. The molecular formula is C16H14ClN3O. The zero-order valence-electron chi connectivity index (χ0n) is 11.2. The van der Waals surface area contributed by atoms with Gasteiger partial charge in [0.15, 0.2) is 0 Å². The largest absolute Gasteiger partial charge is 0.381 e. The van der Waals surface area contributed by atoms with E-state index in [9.17, 15) is 4.79 Å². The molecule has 0 radical (unpaired) electrons. The zero-order valence-corrected chi connectivity index (χ0v) is 11.9. The summed E-state index contributed by atoms with van der Waals surface area (Å²) in [4.78, 5) is 14.5. The molecule has 3 rings (SSSR count). The van der Waals surface area contributed by atoms with Crippen molar-refractivity contribution in [3.63, 3.8) is 0 Å². The van der Waals surface area contributed by atoms with Gasteiger partial charge >= 0.3 is 0 Å². The second-order valence-corrected chi connectivity index (χ2v) is 5.22. The summed E-state index contributed by atoms with van der Waals surface area (Å²) >= 11 is 5.93. The number of rotatable bonds is 4. The fourth-order valence-electron chi connectivity index (χ4n) is 2.23. The van der Waals surface area contributed by atoms with Crippen molar-refractivity contribution < 1.29 is 4.79 Å². The molecule has 0 atom stereocenters. The molecule has 106 valence electrons. The molecule has 3 aromatic rings. The molecule has 0 aliphatic rings. The molecule has 21 heavy (non-hydrogen) atoms. The summed E-state index contributed by atoms with van der Waals surface area (Å²) in [5.74, 6) is -0.531. The summed E-state index contributed by atoms with van der Waals surface area (Å²) in [6, 6.07) is 13.4. The van der Waals surface area contributed by atoms with E-state index in [1.54, 1.807) is 12.1 Å². The summed E-state index contributed by atoms with van der Waals surface area (Å²) in [5.41, 5.74) is 8.65. The molecule has 4 N–H and O–H groups in total. The highest BCUT2D eigenvalue weighted by Gasteiger charge is 2.07. The second kappa shape index (κ2) is 5.50. The van der Waals surface area contributed by atoms with E-state index in [-0.39, 0.29) is 0 Å². The van der Waals surface area contributed by atoms with Gasteiger partial charge in [0.25, 0.3) is 0 Å². The van der Waals surface area contributed by atoms with Crippen LogP contribution in [0, 0.1) is 0 Å². The maximum atomic E-state index is 11.3. The monoisotopic (exact) mass is 299 g/mol. The van der Waals surface area contributed by atoms with Crippen LogP contribution in [0.4, 0.5) is 5.69 Å². The van der Waals surface area contributed by atoms with Gasteiger partial charge in [0, 0.05) is 23.9 Å². The van der Waals surface area contributed by atoms with E-state index in [2.05, 4.69) is 28.5 Å². The molecule has 5 heteroatoms. The third kappa shape index (κ3) is 2.85. The molecule has 0 aliphatic carbocycles. The van der Waals surface area contributed by atoms with E-state index < -0.39 is 5.91 Å². The Labute approximate surface area is 126 Å². The van der Waals surface area contributed by atoms with E-state index in [0.29, 0.717) is 17.1 Å². The molecule has 0 fully saturated rings. The number of hydrogen-bond acceptors (Lipinski definition) is 2. The Bertz CT molecular complexity index is 810. The van der Waals surface area contributed by atoms with Gasteiger partial charge < -0.3 is 16.0 Å². The van der Waals surface area contributed by atoms with Gasteiger partial charge in [0.2, 0.25) is 5.91 Å². The highest BCUT2D eigenvalue weighted by Crippen LogP contribution is 2.21. The first-order chi connectivity index (χ1) is 10.1. The van der Waals surface area contributed by atoms with Gasteiger partial charge in [-0.3, -0.25) is 4.79 Å². The lowest BCUT2D eigenvalue weighted by Gasteiger charge is -2.09. The minimum Gasteiger partial charge on any atom is -0.381 e. The van der Waals surface area contributed by atoms with E-state index >= 15 is 0 Å². The SMILES string of the molecule is NC(=O)c1cc(NCc2ccc3cc[nH]c3c2)ccc1Cl. The Kier molecular flexibility index (Phi) is 3.54. The average molecular weight is 300 g/mol. The van der Waals surface area contributed by atoms with Crippen molar-refractivity contribution in [3.8, 4) is 0 Å². The van der Waals surface area contributed by atoms with Gasteiger partial charge in [0.05, 0.1) is 10.6 Å². The Morgan fingerprint density at radius 3 is 2.86 bits per heavy atom. The van der Waals surface area contributed by atoms with E-state index in [1.807, 2.05) is 18.3 Å². The third-order valence-corrected chi connectivity index (χ3v) is 3.68. The summed E-state index contributed by atoms with van der Waals surface area (Å²) in [5, 5.41) is 4.80. The standard InChI is InChI=1S/C16H14ClN3O/c17-14-4-3-12(8-13(14)16(18)21)20-9-10-1-2-11-5-6-19-15(11)7-10/h1-8,19-20H,9H2,(H2,18,21). The van der Waals surface area contributed by atoms with Gasteiger partial charge in [-0.15, -0.1) is 0 Å². The number of primary amides is 1. The van der Waals surface area contributed by atoms with Crippen LogP contribution in [0.15, 0.2) is 48.7 Å². The van der Waals surface area contributed by atoms with Crippen molar-refractivity contribution in [2.75, 3.05) is 5.32 Å². The van der Waals surface area contributed by atoms with Crippen molar-refractivity contribution >= 4 is 34.1 Å². The minimum atomic E-state index is -0.531. The number of hydrogen-bond donors (Lipinski definition) is 3. The van der Waals surface area contributed by atoms with Crippen molar-refractivity contribution in [2.24, 2.45) is 5.73 Å². The molecule has 0 saturated heterocycles. The smallest absolute Gasteiger partial charge is 0.250 e. The van der Waals surface area contributed by atoms with Gasteiger partial charge in [-0.2, -0.15) is 0 Å². The van der Waals surface area contributed by atoms with Crippen molar-refractivity contribution in [1.82, 2.24) is 4.98 Å². The number of halogens is 1. The molecule has 0 aliphatic heterocycles. The molecule has 0 spiro atoms. The number of anilines is 1. The number of H-pyrrole nitrogens is 1. The van der Waals surface area contributed by atoms with Crippen molar-refractivity contribution in [3.05, 3.63) is 64.8 Å². The molecule has 1 heterocycles. The van der Waals surface area contributed by atoms with E-state index in [1.165, 1.54) is 5.39 Å². The minimum absolute atomic E-state index is 0.321. The number of nitrogens with two attached hydrogens (primary N) is 1. The summed E-state index contributed by atoms with van der Waals surface area (Å²) < 4.78 is 0. The van der Waals surface area contributed by atoms with Crippen LogP contribution >= 0.6 is 11.6 Å². The number of amides is 1. The highest BCUT2D eigenvalue weighted by molar-refractivity contribution is 6.33. The normalized spacial score (nSPS) is 10.7. The number of fused-ring (bicyclic) bond motifs is 1. The average Bonchev–Trinajstić information content (AvgIpc) is 2.93. The molecule has 0 unspecified atom stereocenters. The molecule has 0 bridgehead atoms. The van der Waals surface area contributed by atoms with Gasteiger partial charge in [0.1, 0.15) is 0 Å². The first kappa shape index (κ1) is 13.5. The van der Waals surface area contributed by atoms with Crippen LogP contribution in [0.5, 0.6) is 0 Å². The van der Waals surface area contributed by atoms with Crippen LogP contribution in [-0.4, -0.2) is 10.9 Å². The number of aromatic amines is 1. The molecule has 1 aromatic heterocycles. The van der Waals surface area contributed by atoms with Crippen molar-refractivity contribution in [1.29, 1.82) is 0 Å². The Hall–Kier alpha value is -2.46. The van der Waals surface area contributed by atoms with Crippen molar-refractivity contribution in [2.45, 2.75) is 6.54 Å². The summed E-state index contributed by atoms with van der Waals surface area (Å²) in [7, 11) is 0. The Morgan fingerprint density at radius 1 is 1.19 bits per heavy atom. The Balaban J connectivity index is 1.77. The predicted octanol–water partition coefficient (Wildman–Crippen LogP) is 3.53. The number of carbonyl (C=O) groups excluding carboxylic acids is 1. The number of carbonyl (C=O) groups is 1. The van der Waals surface area contributed by atoms with Crippen LogP contribution in [-0.2, 0) is 6.54 Å². The van der Waals surface area contributed by atoms with Gasteiger partial charge in [-0.1, -0.05) is 23.7 Å². The van der Waals surface area contributed by atoms with Gasteiger partial charge in [-0.25, -0.2) is 0 Å². The molecular weight excluding hydrogens is 286 g/mol. The van der Waals surface area contributed by atoms with Crippen LogP contribution in [0.3, 0.4) is 0 Å². The molecule has 1 amide bonds. The fourth-order valence-corrected chi connectivity index (χ4v) is 2.44. The third-order valence-electron chi connectivity index (χ3n) is 3.35. The lowest BCUT2D eigenvalue weighted by atomic mass is 10.1. The maximum absolute atomic E-state index is 11.3. The van der Waals surface area contributed by atoms with E-state index in [0.717, 1.165) is 16.8 Å². The lowest BCUT2D eigenvalue weighted by molar-refractivity contribution is 0.100. The predicted molar refractivity (Wildman–Crippen MR) is 85.6 cm³/mol. The summed E-state index contributed by atoms with van der Waals surface area (Å²) in [6.07, 6.45) is 1.92. The molecule has 0 saturated carbocycles. The second-order valence-electron chi connectivity index (χ2n) is 4.81. The number of aromatic nitrogens is 1. The zero-order chi connectivity index (χ0) is 14.8. The van der Waals surface area contributed by atoms with E-state index in [4.69, 9.17) is 17.3 Å². The Morgan fingerprint density at radius 2 is 2.05 bits per heavy atom. The first-order valence-corrected chi connectivity index (χ1v) is 6.90. The summed E-state index contributed by atoms with van der Waals surface area (Å²) in [6.45, 7) is 0.648. The maximum Gasteiger partial charge on any atom is 0.250 e. The topological polar surface area (TPSA) is 70.9 Å².